The second kappa shape index (κ2) is 11.6. The molecule has 0 aromatic heterocycles. The summed E-state index contributed by atoms with van der Waals surface area (Å²) in [6.45, 7) is 6.30. The van der Waals surface area contributed by atoms with Gasteiger partial charge in [-0.05, 0) is 31.9 Å². The first-order valence-electron chi connectivity index (χ1n) is 9.74. The summed E-state index contributed by atoms with van der Waals surface area (Å²) >= 11 is 0. The summed E-state index contributed by atoms with van der Waals surface area (Å²) in [5, 5.41) is 13.2. The van der Waals surface area contributed by atoms with E-state index in [0.29, 0.717) is 13.2 Å². The number of alkyl carbamates (subject to hydrolysis) is 1. The zero-order chi connectivity index (χ0) is 21.1. The van der Waals surface area contributed by atoms with Crippen molar-refractivity contribution in [2.75, 3.05) is 13.2 Å². The van der Waals surface area contributed by atoms with Crippen molar-refractivity contribution in [3.05, 3.63) is 71.8 Å². The highest BCUT2D eigenvalue weighted by atomic mass is 16.6. The van der Waals surface area contributed by atoms with Gasteiger partial charge in [-0.15, -0.1) is 0 Å². The molecule has 0 bridgehead atoms. The Hall–Kier alpha value is -2.41. The van der Waals surface area contributed by atoms with Gasteiger partial charge in [0.05, 0.1) is 38.6 Å². The minimum Gasteiger partial charge on any atom is -0.444 e. The van der Waals surface area contributed by atoms with Gasteiger partial charge in [-0.25, -0.2) is 4.79 Å². The zero-order valence-corrected chi connectivity index (χ0v) is 17.3. The van der Waals surface area contributed by atoms with E-state index in [9.17, 15) is 9.90 Å². The summed E-state index contributed by atoms with van der Waals surface area (Å²) in [5.74, 6) is 0. The van der Waals surface area contributed by atoms with Gasteiger partial charge in [0.15, 0.2) is 0 Å². The molecule has 0 aliphatic heterocycles. The van der Waals surface area contributed by atoms with E-state index in [2.05, 4.69) is 5.32 Å². The molecule has 0 radical (unpaired) electrons. The van der Waals surface area contributed by atoms with E-state index in [1.165, 1.54) is 0 Å². The molecular formula is C23H31NO5. The van der Waals surface area contributed by atoms with Crippen LogP contribution in [0.25, 0.3) is 0 Å². The van der Waals surface area contributed by atoms with Crippen molar-refractivity contribution in [2.45, 2.75) is 51.7 Å². The Balaban J connectivity index is 1.87. The van der Waals surface area contributed by atoms with Crippen LogP contribution in [0, 0.1) is 0 Å². The number of hydrogen-bond donors (Lipinski definition) is 2. The van der Waals surface area contributed by atoms with E-state index < -0.39 is 23.8 Å². The Morgan fingerprint density at radius 2 is 1.38 bits per heavy atom. The average Bonchev–Trinajstić information content (AvgIpc) is 2.67. The molecule has 2 N–H and O–H groups in total. The van der Waals surface area contributed by atoms with Crippen LogP contribution >= 0.6 is 0 Å². The molecule has 0 aliphatic carbocycles. The van der Waals surface area contributed by atoms with Gasteiger partial charge < -0.3 is 24.6 Å². The van der Waals surface area contributed by atoms with Crippen LogP contribution in [-0.2, 0) is 27.4 Å². The van der Waals surface area contributed by atoms with Gasteiger partial charge in [0, 0.05) is 0 Å². The molecule has 6 heteroatoms. The first kappa shape index (κ1) is 22.9. The van der Waals surface area contributed by atoms with Gasteiger partial charge in [0.25, 0.3) is 0 Å². The summed E-state index contributed by atoms with van der Waals surface area (Å²) in [7, 11) is 0. The van der Waals surface area contributed by atoms with Crippen molar-refractivity contribution < 1.29 is 24.1 Å². The summed E-state index contributed by atoms with van der Waals surface area (Å²) in [6, 6.07) is 18.7. The van der Waals surface area contributed by atoms with Gasteiger partial charge in [0.2, 0.25) is 0 Å². The smallest absolute Gasteiger partial charge is 0.408 e. The first-order chi connectivity index (χ1) is 13.8. The fraction of sp³-hybridized carbons (Fsp3) is 0.435. The van der Waals surface area contributed by atoms with E-state index in [4.69, 9.17) is 14.2 Å². The lowest BCUT2D eigenvalue weighted by molar-refractivity contribution is -0.0207. The van der Waals surface area contributed by atoms with Crippen LogP contribution in [0.1, 0.15) is 31.9 Å². The lowest BCUT2D eigenvalue weighted by atomic mass is 10.1. The van der Waals surface area contributed by atoms with Crippen molar-refractivity contribution in [3.63, 3.8) is 0 Å². The normalized spacial score (nSPS) is 13.5. The quantitative estimate of drug-likeness (QED) is 0.635. The lowest BCUT2D eigenvalue weighted by Crippen LogP contribution is -2.49. The highest BCUT2D eigenvalue weighted by Gasteiger charge is 2.25. The topological polar surface area (TPSA) is 77.0 Å². The molecule has 2 aromatic carbocycles. The predicted octanol–water partition coefficient (Wildman–Crippen LogP) is 3.67. The van der Waals surface area contributed by atoms with E-state index in [-0.39, 0.29) is 13.2 Å². The summed E-state index contributed by atoms with van der Waals surface area (Å²) in [5.41, 5.74) is 1.39. The maximum absolute atomic E-state index is 12.2. The number of carbonyl (C=O) groups is 1. The SMILES string of the molecule is CC(C)(C)OC(=O)NC(COCc1ccccc1)C(O)COCc1ccccc1. The third-order valence-electron chi connectivity index (χ3n) is 3.98. The highest BCUT2D eigenvalue weighted by molar-refractivity contribution is 5.68. The van der Waals surface area contributed by atoms with Gasteiger partial charge in [0.1, 0.15) is 5.60 Å². The second-order valence-corrected chi connectivity index (χ2v) is 7.82. The second-order valence-electron chi connectivity index (χ2n) is 7.82. The largest absolute Gasteiger partial charge is 0.444 e. The Morgan fingerprint density at radius 3 is 1.86 bits per heavy atom. The molecule has 0 fully saturated rings. The minimum absolute atomic E-state index is 0.0596. The van der Waals surface area contributed by atoms with Crippen molar-refractivity contribution in [1.29, 1.82) is 0 Å². The molecule has 1 amide bonds. The van der Waals surface area contributed by atoms with Crippen molar-refractivity contribution in [3.8, 4) is 0 Å². The molecule has 2 rings (SSSR count). The number of rotatable bonds is 10. The third-order valence-corrected chi connectivity index (χ3v) is 3.98. The predicted molar refractivity (Wildman–Crippen MR) is 111 cm³/mol. The van der Waals surface area contributed by atoms with Crippen LogP contribution in [-0.4, -0.2) is 42.2 Å². The Morgan fingerprint density at radius 1 is 0.897 bits per heavy atom. The number of benzene rings is 2. The molecule has 6 nitrogen and oxygen atoms in total. The van der Waals surface area contributed by atoms with E-state index >= 15 is 0 Å². The number of aliphatic hydroxyl groups excluding tert-OH is 1. The lowest BCUT2D eigenvalue weighted by Gasteiger charge is -2.26. The fourth-order valence-electron chi connectivity index (χ4n) is 2.57. The molecule has 0 saturated heterocycles. The Bertz CT molecular complexity index is 715. The van der Waals surface area contributed by atoms with Crippen LogP contribution in [0.15, 0.2) is 60.7 Å². The molecule has 0 aliphatic rings. The number of ether oxygens (including phenoxy) is 3. The molecule has 158 valence electrons. The minimum atomic E-state index is -0.943. The summed E-state index contributed by atoms with van der Waals surface area (Å²) in [4.78, 5) is 12.2. The molecule has 0 heterocycles. The maximum atomic E-state index is 12.2. The molecule has 0 saturated carbocycles. The Labute approximate surface area is 172 Å². The highest BCUT2D eigenvalue weighted by Crippen LogP contribution is 2.09. The van der Waals surface area contributed by atoms with Gasteiger partial charge in [-0.2, -0.15) is 0 Å². The van der Waals surface area contributed by atoms with Crippen LogP contribution in [0.2, 0.25) is 0 Å². The van der Waals surface area contributed by atoms with Crippen LogP contribution in [0.4, 0.5) is 4.79 Å². The fourth-order valence-corrected chi connectivity index (χ4v) is 2.57. The number of aliphatic hydroxyl groups is 1. The number of hydrogen-bond acceptors (Lipinski definition) is 5. The van der Waals surface area contributed by atoms with Gasteiger partial charge in [-0.3, -0.25) is 0 Å². The molecule has 2 aromatic rings. The van der Waals surface area contributed by atoms with Gasteiger partial charge >= 0.3 is 6.09 Å². The molecule has 0 spiro atoms. The van der Waals surface area contributed by atoms with Crippen LogP contribution < -0.4 is 5.32 Å². The van der Waals surface area contributed by atoms with Crippen LogP contribution in [0.5, 0.6) is 0 Å². The van der Waals surface area contributed by atoms with Crippen molar-refractivity contribution >= 4 is 6.09 Å². The summed E-state index contributed by atoms with van der Waals surface area (Å²) < 4.78 is 16.6. The van der Waals surface area contributed by atoms with Crippen molar-refractivity contribution in [1.82, 2.24) is 5.32 Å². The van der Waals surface area contributed by atoms with E-state index in [1.54, 1.807) is 20.8 Å². The molecular weight excluding hydrogens is 370 g/mol. The number of amides is 1. The maximum Gasteiger partial charge on any atom is 0.408 e. The number of carbonyl (C=O) groups excluding carboxylic acids is 1. The molecule has 29 heavy (non-hydrogen) atoms. The standard InChI is InChI=1S/C23H31NO5/c1-23(2,3)29-22(26)24-20(16-27-14-18-10-6-4-7-11-18)21(25)17-28-15-19-12-8-5-9-13-19/h4-13,20-21,25H,14-17H2,1-3H3,(H,24,26). The zero-order valence-electron chi connectivity index (χ0n) is 17.3. The Kier molecular flexibility index (Phi) is 9.12. The molecule has 2 atom stereocenters. The number of nitrogens with one attached hydrogen (secondary N) is 1. The first-order valence-corrected chi connectivity index (χ1v) is 9.74. The van der Waals surface area contributed by atoms with Crippen molar-refractivity contribution in [2.24, 2.45) is 0 Å². The van der Waals surface area contributed by atoms with Gasteiger partial charge in [-0.1, -0.05) is 60.7 Å². The average molecular weight is 402 g/mol. The third kappa shape index (κ3) is 9.56. The summed E-state index contributed by atoms with van der Waals surface area (Å²) in [6.07, 6.45) is -1.55. The van der Waals surface area contributed by atoms with E-state index in [1.807, 2.05) is 60.7 Å². The van der Waals surface area contributed by atoms with E-state index in [0.717, 1.165) is 11.1 Å². The molecule has 2 unspecified atom stereocenters. The van der Waals surface area contributed by atoms with Crippen LogP contribution in [0.3, 0.4) is 0 Å². The monoisotopic (exact) mass is 401 g/mol.